The van der Waals surface area contributed by atoms with Crippen molar-refractivity contribution in [2.45, 2.75) is 39.5 Å². The van der Waals surface area contributed by atoms with Crippen molar-refractivity contribution in [3.63, 3.8) is 0 Å². The highest BCUT2D eigenvalue weighted by Gasteiger charge is 2.12. The second-order valence-electron chi connectivity index (χ2n) is 4.58. The number of rotatable bonds is 2. The van der Waals surface area contributed by atoms with Crippen LogP contribution in [0.1, 0.15) is 50.8 Å². The van der Waals surface area contributed by atoms with E-state index in [2.05, 4.69) is 32.7 Å². The van der Waals surface area contributed by atoms with Crippen molar-refractivity contribution in [1.29, 1.82) is 0 Å². The molecule has 0 amide bonds. The average molecular weight is 203 g/mol. The number of hydrogen-bond donors (Lipinski definition) is 0. The predicted octanol–water partition coefficient (Wildman–Crippen LogP) is 4.07. The Hall–Kier alpha value is -1.31. The molecule has 0 aliphatic rings. The van der Waals surface area contributed by atoms with Crippen LogP contribution in [0.3, 0.4) is 0 Å². The zero-order chi connectivity index (χ0) is 11.0. The van der Waals surface area contributed by atoms with Gasteiger partial charge in [0.05, 0.1) is 6.26 Å². The Morgan fingerprint density at radius 3 is 2.40 bits per heavy atom. The quantitative estimate of drug-likeness (QED) is 0.735. The molecule has 0 saturated carbocycles. The number of hydrogen-bond acceptors (Lipinski definition) is 2. The van der Waals surface area contributed by atoms with Crippen LogP contribution < -0.4 is 0 Å². The molecule has 0 atom stereocenters. The monoisotopic (exact) mass is 203 g/mol. The minimum atomic E-state index is 0.459. The van der Waals surface area contributed by atoms with Gasteiger partial charge >= 0.3 is 0 Å². The Labute approximate surface area is 90.3 Å². The van der Waals surface area contributed by atoms with E-state index in [0.717, 1.165) is 16.8 Å². The third-order valence-corrected chi connectivity index (χ3v) is 2.68. The van der Waals surface area contributed by atoms with E-state index in [1.54, 1.807) is 0 Å². The topological polar surface area (TPSA) is 26.0 Å². The lowest BCUT2D eigenvalue weighted by molar-refractivity contribution is 0.606. The summed E-state index contributed by atoms with van der Waals surface area (Å²) < 4.78 is 5.48. The van der Waals surface area contributed by atoms with Crippen LogP contribution in [0.15, 0.2) is 22.8 Å². The van der Waals surface area contributed by atoms with Gasteiger partial charge in [0, 0.05) is 11.3 Å². The molecule has 0 radical (unpaired) electrons. The third-order valence-electron chi connectivity index (χ3n) is 2.68. The Kier molecular flexibility index (Phi) is 2.51. The number of aromatic nitrogens is 1. The summed E-state index contributed by atoms with van der Waals surface area (Å²) in [6.45, 7) is 8.63. The molecule has 2 nitrogen and oxygen atoms in total. The van der Waals surface area contributed by atoms with E-state index in [0.29, 0.717) is 11.8 Å². The van der Waals surface area contributed by atoms with Crippen LogP contribution in [-0.2, 0) is 0 Å². The van der Waals surface area contributed by atoms with Crippen LogP contribution in [0, 0.1) is 0 Å². The molecule has 80 valence electrons. The van der Waals surface area contributed by atoms with Crippen LogP contribution in [0.2, 0.25) is 0 Å². The van der Waals surface area contributed by atoms with Gasteiger partial charge in [-0.1, -0.05) is 27.7 Å². The molecule has 0 bridgehead atoms. The minimum Gasteiger partial charge on any atom is -0.462 e. The second-order valence-corrected chi connectivity index (χ2v) is 4.58. The average Bonchev–Trinajstić information content (AvgIpc) is 2.59. The van der Waals surface area contributed by atoms with E-state index in [1.165, 1.54) is 5.56 Å². The van der Waals surface area contributed by atoms with E-state index in [-0.39, 0.29) is 0 Å². The van der Waals surface area contributed by atoms with Crippen molar-refractivity contribution >= 4 is 11.1 Å². The van der Waals surface area contributed by atoms with E-state index in [1.807, 2.05) is 18.4 Å². The largest absolute Gasteiger partial charge is 0.462 e. The van der Waals surface area contributed by atoms with Gasteiger partial charge in [0.1, 0.15) is 5.52 Å². The molecule has 2 heterocycles. The van der Waals surface area contributed by atoms with E-state index < -0.39 is 0 Å². The van der Waals surface area contributed by atoms with Gasteiger partial charge in [-0.2, -0.15) is 0 Å². The lowest BCUT2D eigenvalue weighted by atomic mass is 10.0. The highest BCUT2D eigenvalue weighted by Crippen LogP contribution is 2.27. The van der Waals surface area contributed by atoms with Crippen LogP contribution in [-0.4, -0.2) is 4.98 Å². The first-order valence-corrected chi connectivity index (χ1v) is 5.47. The standard InChI is InChI=1S/C13H17NO/c1-8(2)10-7-15-12-6-5-11(9(3)4)14-13(10)12/h5-9H,1-4H3. The van der Waals surface area contributed by atoms with Crippen LogP contribution in [0.5, 0.6) is 0 Å². The van der Waals surface area contributed by atoms with Gasteiger partial charge in [0.15, 0.2) is 5.58 Å². The van der Waals surface area contributed by atoms with Gasteiger partial charge < -0.3 is 4.42 Å². The molecule has 2 aromatic heterocycles. The van der Waals surface area contributed by atoms with Crippen molar-refractivity contribution < 1.29 is 4.42 Å². The lowest BCUT2D eigenvalue weighted by Crippen LogP contribution is -1.93. The summed E-state index contributed by atoms with van der Waals surface area (Å²) in [5.41, 5.74) is 4.25. The summed E-state index contributed by atoms with van der Waals surface area (Å²) in [7, 11) is 0. The SMILES string of the molecule is CC(C)c1ccc2occ(C(C)C)c2n1. The fourth-order valence-corrected chi connectivity index (χ4v) is 1.68. The molecule has 0 saturated heterocycles. The van der Waals surface area contributed by atoms with Crippen molar-refractivity contribution in [1.82, 2.24) is 4.98 Å². The second kappa shape index (κ2) is 3.69. The molecule has 2 aromatic rings. The molecule has 0 spiro atoms. The Balaban J connectivity index is 2.61. The highest BCUT2D eigenvalue weighted by molar-refractivity contribution is 5.77. The number of pyridine rings is 1. The molecule has 15 heavy (non-hydrogen) atoms. The van der Waals surface area contributed by atoms with Crippen molar-refractivity contribution in [2.24, 2.45) is 0 Å². The molecule has 0 aliphatic heterocycles. The lowest BCUT2D eigenvalue weighted by Gasteiger charge is -2.05. The maximum absolute atomic E-state index is 5.48. The van der Waals surface area contributed by atoms with Crippen molar-refractivity contribution in [3.8, 4) is 0 Å². The zero-order valence-electron chi connectivity index (χ0n) is 9.74. The highest BCUT2D eigenvalue weighted by atomic mass is 16.3. The zero-order valence-corrected chi connectivity index (χ0v) is 9.74. The summed E-state index contributed by atoms with van der Waals surface area (Å²) in [4.78, 5) is 4.66. The maximum Gasteiger partial charge on any atom is 0.152 e. The van der Waals surface area contributed by atoms with Crippen LogP contribution >= 0.6 is 0 Å². The van der Waals surface area contributed by atoms with E-state index in [4.69, 9.17) is 4.42 Å². The van der Waals surface area contributed by atoms with Gasteiger partial charge in [-0.3, -0.25) is 0 Å². The predicted molar refractivity (Wildman–Crippen MR) is 62.2 cm³/mol. The summed E-state index contributed by atoms with van der Waals surface area (Å²) in [6, 6.07) is 4.06. The summed E-state index contributed by atoms with van der Waals surface area (Å²) in [6.07, 6.45) is 1.83. The third kappa shape index (κ3) is 1.76. The molecule has 0 fully saturated rings. The van der Waals surface area contributed by atoms with Gasteiger partial charge in [-0.25, -0.2) is 4.98 Å². The molecule has 0 aliphatic carbocycles. The van der Waals surface area contributed by atoms with Gasteiger partial charge in [0.2, 0.25) is 0 Å². The molecule has 0 aromatic carbocycles. The minimum absolute atomic E-state index is 0.459. The number of furan rings is 1. The molecule has 2 heteroatoms. The summed E-state index contributed by atoms with van der Waals surface area (Å²) in [5, 5.41) is 0. The molecule has 0 unspecified atom stereocenters. The fourth-order valence-electron chi connectivity index (χ4n) is 1.68. The van der Waals surface area contributed by atoms with E-state index in [9.17, 15) is 0 Å². The van der Waals surface area contributed by atoms with Gasteiger partial charge in [0.25, 0.3) is 0 Å². The first kappa shape index (κ1) is 10.2. The fraction of sp³-hybridized carbons (Fsp3) is 0.462. The first-order chi connectivity index (χ1) is 7.09. The molecule has 0 N–H and O–H groups in total. The Morgan fingerprint density at radius 2 is 1.80 bits per heavy atom. The van der Waals surface area contributed by atoms with Gasteiger partial charge in [-0.15, -0.1) is 0 Å². The number of fused-ring (bicyclic) bond motifs is 1. The maximum atomic E-state index is 5.48. The molecule has 2 rings (SSSR count). The van der Waals surface area contributed by atoms with Crippen molar-refractivity contribution in [3.05, 3.63) is 29.7 Å². The first-order valence-electron chi connectivity index (χ1n) is 5.47. The van der Waals surface area contributed by atoms with Gasteiger partial charge in [-0.05, 0) is 24.0 Å². The molecular weight excluding hydrogens is 186 g/mol. The number of nitrogens with zero attached hydrogens (tertiary/aromatic N) is 1. The summed E-state index contributed by atoms with van der Waals surface area (Å²) >= 11 is 0. The van der Waals surface area contributed by atoms with Crippen LogP contribution in [0.4, 0.5) is 0 Å². The van der Waals surface area contributed by atoms with Crippen molar-refractivity contribution in [2.75, 3.05) is 0 Å². The Morgan fingerprint density at radius 1 is 1.07 bits per heavy atom. The molecular formula is C13H17NO. The normalized spacial score (nSPS) is 11.9. The smallest absolute Gasteiger partial charge is 0.152 e. The summed E-state index contributed by atoms with van der Waals surface area (Å²) in [5.74, 6) is 0.922. The Bertz CT molecular complexity index is 468. The van der Waals surface area contributed by atoms with E-state index >= 15 is 0 Å². The van der Waals surface area contributed by atoms with Crippen LogP contribution in [0.25, 0.3) is 11.1 Å².